The van der Waals surface area contributed by atoms with Gasteiger partial charge in [-0.3, -0.25) is 4.99 Å². The van der Waals surface area contributed by atoms with Gasteiger partial charge in [-0.1, -0.05) is 26.7 Å². The Morgan fingerprint density at radius 2 is 2.00 bits per heavy atom. The molecule has 1 rings (SSSR count). The molecule has 0 bridgehead atoms. The summed E-state index contributed by atoms with van der Waals surface area (Å²) in [5.74, 6) is 2.19. The van der Waals surface area contributed by atoms with Gasteiger partial charge in [-0.05, 0) is 39.8 Å². The van der Waals surface area contributed by atoms with Crippen LogP contribution in [0.5, 0.6) is 0 Å². The van der Waals surface area contributed by atoms with Crippen molar-refractivity contribution in [2.24, 2.45) is 16.8 Å². The smallest absolute Gasteiger partial charge is 0.191 e. The molecule has 0 aromatic heterocycles. The topological polar surface area (TPSA) is 58.1 Å². The quantitative estimate of drug-likeness (QED) is 0.296. The Morgan fingerprint density at radius 1 is 1.23 bits per heavy atom. The normalized spacial score (nSPS) is 19.3. The predicted octanol–water partition coefficient (Wildman–Crippen LogP) is 2.35. The van der Waals surface area contributed by atoms with Gasteiger partial charge in [0, 0.05) is 38.3 Å². The number of guanidine groups is 1. The number of hydrogen-bond donors (Lipinski definition) is 2. The first-order valence-electron chi connectivity index (χ1n) is 10.5. The van der Waals surface area contributed by atoms with Gasteiger partial charge in [-0.15, -0.1) is 0 Å². The van der Waals surface area contributed by atoms with E-state index >= 15 is 0 Å². The van der Waals surface area contributed by atoms with Gasteiger partial charge in [-0.25, -0.2) is 0 Å². The molecule has 0 aromatic rings. The molecule has 0 radical (unpaired) electrons. The number of hydrogen-bond acceptors (Lipinski definition) is 4. The first-order chi connectivity index (χ1) is 12.6. The highest BCUT2D eigenvalue weighted by atomic mass is 16.5. The summed E-state index contributed by atoms with van der Waals surface area (Å²) < 4.78 is 11.1. The Bertz CT molecular complexity index is 367. The fraction of sp³-hybridized carbons (Fsp3) is 0.950. The van der Waals surface area contributed by atoms with E-state index in [0.29, 0.717) is 17.9 Å². The van der Waals surface area contributed by atoms with Crippen LogP contribution in [0.2, 0.25) is 0 Å². The number of aliphatic imine (C=N–C) groups is 1. The summed E-state index contributed by atoms with van der Waals surface area (Å²) in [5, 5.41) is 6.78. The zero-order valence-electron chi connectivity index (χ0n) is 17.7. The first-order valence-corrected chi connectivity index (χ1v) is 10.5. The van der Waals surface area contributed by atoms with Crippen LogP contribution in [0.4, 0.5) is 0 Å². The third-order valence-corrected chi connectivity index (χ3v) is 5.17. The van der Waals surface area contributed by atoms with Crippen LogP contribution in [-0.2, 0) is 9.47 Å². The van der Waals surface area contributed by atoms with Crippen LogP contribution in [0.15, 0.2) is 4.99 Å². The molecule has 1 aliphatic heterocycles. The summed E-state index contributed by atoms with van der Waals surface area (Å²) >= 11 is 0. The summed E-state index contributed by atoms with van der Waals surface area (Å²) in [6.45, 7) is 12.6. The lowest BCUT2D eigenvalue weighted by atomic mass is 9.93. The highest BCUT2D eigenvalue weighted by Gasteiger charge is 2.20. The predicted molar refractivity (Wildman–Crippen MR) is 110 cm³/mol. The SMILES string of the molecule is CCNC(=NCC(C(CC)CC)N(C)C)NCCCOCC1CCOC1. The van der Waals surface area contributed by atoms with Crippen molar-refractivity contribution in [1.82, 2.24) is 15.5 Å². The molecule has 6 nitrogen and oxygen atoms in total. The third-order valence-electron chi connectivity index (χ3n) is 5.17. The van der Waals surface area contributed by atoms with Crippen LogP contribution in [0.25, 0.3) is 0 Å². The van der Waals surface area contributed by atoms with E-state index in [1.165, 1.54) is 12.8 Å². The van der Waals surface area contributed by atoms with E-state index in [0.717, 1.165) is 64.9 Å². The molecule has 2 unspecified atom stereocenters. The van der Waals surface area contributed by atoms with Crippen molar-refractivity contribution in [3.8, 4) is 0 Å². The second kappa shape index (κ2) is 14.2. The summed E-state index contributed by atoms with van der Waals surface area (Å²) in [5.41, 5.74) is 0. The van der Waals surface area contributed by atoms with E-state index in [9.17, 15) is 0 Å². The molecular formula is C20H42N4O2. The number of likely N-dealkylation sites (N-methyl/N-ethyl adjacent to an activating group) is 1. The molecule has 154 valence electrons. The molecule has 26 heavy (non-hydrogen) atoms. The van der Waals surface area contributed by atoms with Gasteiger partial charge in [0.05, 0.1) is 19.8 Å². The van der Waals surface area contributed by atoms with Crippen LogP contribution < -0.4 is 10.6 Å². The fourth-order valence-corrected chi connectivity index (χ4v) is 3.44. The van der Waals surface area contributed by atoms with Gasteiger partial charge in [0.2, 0.25) is 0 Å². The molecule has 0 aromatic carbocycles. The van der Waals surface area contributed by atoms with Gasteiger partial charge >= 0.3 is 0 Å². The monoisotopic (exact) mass is 370 g/mol. The second-order valence-electron chi connectivity index (χ2n) is 7.41. The maximum absolute atomic E-state index is 5.76. The average Bonchev–Trinajstić information content (AvgIpc) is 3.14. The molecule has 1 fully saturated rings. The molecule has 2 N–H and O–H groups in total. The Kier molecular flexibility index (Phi) is 12.7. The molecule has 6 heteroatoms. The van der Waals surface area contributed by atoms with Crippen LogP contribution in [-0.4, -0.2) is 77.1 Å². The lowest BCUT2D eigenvalue weighted by molar-refractivity contribution is 0.0888. The molecule has 0 saturated carbocycles. The molecular weight excluding hydrogens is 328 g/mol. The van der Waals surface area contributed by atoms with Crippen molar-refractivity contribution < 1.29 is 9.47 Å². The van der Waals surface area contributed by atoms with Gasteiger partial charge in [0.1, 0.15) is 0 Å². The van der Waals surface area contributed by atoms with Crippen molar-refractivity contribution >= 4 is 5.96 Å². The van der Waals surface area contributed by atoms with Gasteiger partial charge < -0.3 is 25.0 Å². The molecule has 1 heterocycles. The Balaban J connectivity index is 2.32. The number of rotatable bonds is 13. The van der Waals surface area contributed by atoms with Crippen molar-refractivity contribution in [2.75, 3.05) is 60.2 Å². The van der Waals surface area contributed by atoms with Crippen molar-refractivity contribution in [2.45, 2.75) is 52.5 Å². The number of ether oxygens (including phenoxy) is 2. The minimum absolute atomic E-state index is 0.484. The number of nitrogens with zero attached hydrogens (tertiary/aromatic N) is 2. The Morgan fingerprint density at radius 3 is 2.58 bits per heavy atom. The fourth-order valence-electron chi connectivity index (χ4n) is 3.44. The lowest BCUT2D eigenvalue weighted by Crippen LogP contribution is -2.41. The molecule has 2 atom stereocenters. The van der Waals surface area contributed by atoms with E-state index < -0.39 is 0 Å². The Labute approximate surface area is 161 Å². The first kappa shape index (κ1) is 23.2. The third kappa shape index (κ3) is 9.19. The molecule has 1 saturated heterocycles. The molecule has 0 spiro atoms. The van der Waals surface area contributed by atoms with Crippen molar-refractivity contribution in [1.29, 1.82) is 0 Å². The van der Waals surface area contributed by atoms with Gasteiger partial charge in [-0.2, -0.15) is 0 Å². The van der Waals surface area contributed by atoms with E-state index in [-0.39, 0.29) is 0 Å². The van der Waals surface area contributed by atoms with Crippen LogP contribution in [0.3, 0.4) is 0 Å². The molecule has 0 amide bonds. The minimum atomic E-state index is 0.484. The maximum atomic E-state index is 5.76. The van der Waals surface area contributed by atoms with Crippen LogP contribution >= 0.6 is 0 Å². The molecule has 1 aliphatic rings. The zero-order chi connectivity index (χ0) is 19.2. The van der Waals surface area contributed by atoms with Crippen molar-refractivity contribution in [3.63, 3.8) is 0 Å². The lowest BCUT2D eigenvalue weighted by Gasteiger charge is -2.30. The van der Waals surface area contributed by atoms with Gasteiger partial charge in [0.15, 0.2) is 5.96 Å². The van der Waals surface area contributed by atoms with E-state index in [4.69, 9.17) is 14.5 Å². The summed E-state index contributed by atoms with van der Waals surface area (Å²) in [6.07, 6.45) is 4.52. The van der Waals surface area contributed by atoms with E-state index in [1.54, 1.807) is 0 Å². The van der Waals surface area contributed by atoms with Crippen LogP contribution in [0, 0.1) is 11.8 Å². The average molecular weight is 371 g/mol. The van der Waals surface area contributed by atoms with E-state index in [2.05, 4.69) is 50.4 Å². The standard InChI is InChI=1S/C20H42N4O2/c1-6-18(7-2)19(24(4)5)14-23-20(21-8-3)22-11-9-12-25-15-17-10-13-26-16-17/h17-19H,6-16H2,1-5H3,(H2,21,22,23). The highest BCUT2D eigenvalue weighted by molar-refractivity contribution is 5.79. The Hall–Kier alpha value is -0.850. The van der Waals surface area contributed by atoms with Gasteiger partial charge in [0.25, 0.3) is 0 Å². The maximum Gasteiger partial charge on any atom is 0.191 e. The van der Waals surface area contributed by atoms with Crippen molar-refractivity contribution in [3.05, 3.63) is 0 Å². The summed E-state index contributed by atoms with van der Waals surface area (Å²) in [4.78, 5) is 7.14. The van der Waals surface area contributed by atoms with Crippen LogP contribution in [0.1, 0.15) is 46.5 Å². The zero-order valence-corrected chi connectivity index (χ0v) is 17.7. The minimum Gasteiger partial charge on any atom is -0.381 e. The summed E-state index contributed by atoms with van der Waals surface area (Å²) in [6, 6.07) is 0.484. The molecule has 0 aliphatic carbocycles. The largest absolute Gasteiger partial charge is 0.381 e. The summed E-state index contributed by atoms with van der Waals surface area (Å²) in [7, 11) is 4.32. The number of nitrogens with one attached hydrogen (secondary N) is 2. The highest BCUT2D eigenvalue weighted by Crippen LogP contribution is 2.17. The van der Waals surface area contributed by atoms with E-state index in [1.807, 2.05) is 0 Å². The second-order valence-corrected chi connectivity index (χ2v) is 7.41.